The van der Waals surface area contributed by atoms with E-state index in [1.54, 1.807) is 6.20 Å². The molecule has 0 saturated carbocycles. The summed E-state index contributed by atoms with van der Waals surface area (Å²) in [4.78, 5) is 8.35. The topological polar surface area (TPSA) is 25.8 Å². The highest BCUT2D eigenvalue weighted by molar-refractivity contribution is 6.31. The van der Waals surface area contributed by atoms with Crippen LogP contribution >= 0.6 is 23.2 Å². The van der Waals surface area contributed by atoms with E-state index in [0.717, 1.165) is 5.56 Å². The van der Waals surface area contributed by atoms with Gasteiger partial charge in [-0.1, -0.05) is 44.0 Å². The third-order valence-electron chi connectivity index (χ3n) is 2.72. The predicted octanol–water partition coefficient (Wildman–Crippen LogP) is 4.89. The Bertz CT molecular complexity index is 621. The summed E-state index contributed by atoms with van der Waals surface area (Å²) in [5.74, 6) is -0.193. The Balaban J connectivity index is 2.54. The van der Waals surface area contributed by atoms with Crippen molar-refractivity contribution in [2.45, 2.75) is 26.2 Å². The maximum atomic E-state index is 13.7. The number of aromatic nitrogens is 2. The number of halogens is 3. The van der Waals surface area contributed by atoms with E-state index in [4.69, 9.17) is 23.2 Å². The fraction of sp³-hybridized carbons (Fsp3) is 0.286. The van der Waals surface area contributed by atoms with Crippen LogP contribution in [0.4, 0.5) is 4.39 Å². The van der Waals surface area contributed by atoms with Crippen molar-refractivity contribution in [1.82, 2.24) is 9.97 Å². The lowest BCUT2D eigenvalue weighted by atomic mass is 9.89. The lowest BCUT2D eigenvalue weighted by Gasteiger charge is -2.19. The molecule has 2 nitrogen and oxygen atoms in total. The highest BCUT2D eigenvalue weighted by Crippen LogP contribution is 2.30. The van der Waals surface area contributed by atoms with Crippen molar-refractivity contribution < 1.29 is 4.39 Å². The number of nitrogens with zero attached hydrogens (tertiary/aromatic N) is 2. The molecule has 1 heterocycles. The van der Waals surface area contributed by atoms with Gasteiger partial charge in [0, 0.05) is 16.8 Å². The Hall–Kier alpha value is -1.19. The Morgan fingerprint density at radius 3 is 2.42 bits per heavy atom. The minimum absolute atomic E-state index is 0.164. The Kier molecular flexibility index (Phi) is 3.79. The average Bonchev–Trinajstić information content (AvgIpc) is 2.30. The molecule has 19 heavy (non-hydrogen) atoms. The van der Waals surface area contributed by atoms with Crippen LogP contribution in [0, 0.1) is 5.82 Å². The van der Waals surface area contributed by atoms with Gasteiger partial charge in [0.25, 0.3) is 0 Å². The van der Waals surface area contributed by atoms with Crippen molar-refractivity contribution in [2.75, 3.05) is 0 Å². The summed E-state index contributed by atoms with van der Waals surface area (Å²) in [6.07, 6.45) is 1.63. The number of hydrogen-bond acceptors (Lipinski definition) is 2. The van der Waals surface area contributed by atoms with Crippen LogP contribution in [0.1, 0.15) is 26.3 Å². The maximum absolute atomic E-state index is 13.7. The van der Waals surface area contributed by atoms with Crippen molar-refractivity contribution in [2.24, 2.45) is 0 Å². The van der Waals surface area contributed by atoms with Gasteiger partial charge in [0.05, 0.1) is 5.56 Å². The molecule has 2 rings (SSSR count). The maximum Gasteiger partial charge on any atom is 0.163 e. The zero-order valence-corrected chi connectivity index (χ0v) is 12.3. The van der Waals surface area contributed by atoms with Gasteiger partial charge in [-0.15, -0.1) is 0 Å². The molecule has 0 bridgehead atoms. The lowest BCUT2D eigenvalue weighted by Crippen LogP contribution is -2.13. The third-order valence-corrected chi connectivity index (χ3v) is 3.24. The molecule has 0 N–H and O–H groups in total. The van der Waals surface area contributed by atoms with Gasteiger partial charge in [0.15, 0.2) is 5.82 Å². The fourth-order valence-electron chi connectivity index (χ4n) is 1.66. The average molecular weight is 299 g/mol. The first-order valence-corrected chi connectivity index (χ1v) is 6.53. The number of rotatable bonds is 1. The molecule has 0 spiro atoms. The smallest absolute Gasteiger partial charge is 0.163 e. The zero-order valence-electron chi connectivity index (χ0n) is 10.8. The van der Waals surface area contributed by atoms with Crippen LogP contribution in [0.25, 0.3) is 11.4 Å². The van der Waals surface area contributed by atoms with Crippen molar-refractivity contribution in [3.63, 3.8) is 0 Å². The molecule has 100 valence electrons. The van der Waals surface area contributed by atoms with Crippen molar-refractivity contribution in [1.29, 1.82) is 0 Å². The highest BCUT2D eigenvalue weighted by atomic mass is 35.5. The van der Waals surface area contributed by atoms with Crippen LogP contribution in [0.3, 0.4) is 0 Å². The van der Waals surface area contributed by atoms with Crippen LogP contribution < -0.4 is 0 Å². The van der Waals surface area contributed by atoms with Gasteiger partial charge in [-0.05, 0) is 23.6 Å². The van der Waals surface area contributed by atoms with Gasteiger partial charge in [-0.25, -0.2) is 14.4 Å². The standard InChI is InChI=1S/C14H13Cl2FN2/c1-14(2,3)10-7-18-13(19-12(10)16)9-6-8(15)4-5-11(9)17/h4-7H,1-3H3. The summed E-state index contributed by atoms with van der Waals surface area (Å²) in [7, 11) is 0. The van der Waals surface area contributed by atoms with E-state index in [9.17, 15) is 4.39 Å². The first-order valence-electron chi connectivity index (χ1n) is 5.77. The second-order valence-corrected chi connectivity index (χ2v) is 6.07. The number of hydrogen-bond donors (Lipinski definition) is 0. The van der Waals surface area contributed by atoms with E-state index in [1.165, 1.54) is 18.2 Å². The molecule has 0 fully saturated rings. The van der Waals surface area contributed by atoms with Gasteiger partial charge in [-0.2, -0.15) is 0 Å². The predicted molar refractivity (Wildman–Crippen MR) is 76.1 cm³/mol. The summed E-state index contributed by atoms with van der Waals surface area (Å²) >= 11 is 12.0. The molecule has 5 heteroatoms. The van der Waals surface area contributed by atoms with Gasteiger partial charge in [0.1, 0.15) is 11.0 Å². The van der Waals surface area contributed by atoms with E-state index in [2.05, 4.69) is 9.97 Å². The molecule has 0 saturated heterocycles. The first kappa shape index (κ1) is 14.2. The Morgan fingerprint density at radius 2 is 1.84 bits per heavy atom. The quantitative estimate of drug-likeness (QED) is 0.701. The number of benzene rings is 1. The molecule has 0 amide bonds. The largest absolute Gasteiger partial charge is 0.236 e. The summed E-state index contributed by atoms with van der Waals surface area (Å²) in [6.45, 7) is 6.03. The molecule has 0 atom stereocenters. The van der Waals surface area contributed by atoms with Crippen molar-refractivity contribution >= 4 is 23.2 Å². The van der Waals surface area contributed by atoms with Gasteiger partial charge < -0.3 is 0 Å². The normalized spacial score (nSPS) is 11.7. The monoisotopic (exact) mass is 298 g/mol. The van der Waals surface area contributed by atoms with Gasteiger partial charge in [-0.3, -0.25) is 0 Å². The van der Waals surface area contributed by atoms with E-state index < -0.39 is 5.82 Å². The summed E-state index contributed by atoms with van der Waals surface area (Å²) in [6, 6.07) is 4.25. The van der Waals surface area contributed by atoms with Crippen LogP contribution in [-0.2, 0) is 5.41 Å². The zero-order chi connectivity index (χ0) is 14.2. The second-order valence-electron chi connectivity index (χ2n) is 5.27. The fourth-order valence-corrected chi connectivity index (χ4v) is 2.25. The molecule has 0 aliphatic carbocycles. The molecule has 1 aromatic heterocycles. The summed E-state index contributed by atoms with van der Waals surface area (Å²) < 4.78 is 13.7. The summed E-state index contributed by atoms with van der Waals surface area (Å²) in [5, 5.41) is 0.757. The molecule has 0 aliphatic rings. The Morgan fingerprint density at radius 1 is 1.16 bits per heavy atom. The first-order chi connectivity index (χ1) is 8.79. The summed E-state index contributed by atoms with van der Waals surface area (Å²) in [5.41, 5.74) is 0.901. The van der Waals surface area contributed by atoms with E-state index in [-0.39, 0.29) is 16.8 Å². The van der Waals surface area contributed by atoms with Crippen LogP contribution in [-0.4, -0.2) is 9.97 Å². The van der Waals surface area contributed by atoms with Crippen LogP contribution in [0.2, 0.25) is 10.2 Å². The molecule has 0 unspecified atom stereocenters. The van der Waals surface area contributed by atoms with Crippen molar-refractivity contribution in [3.8, 4) is 11.4 Å². The third kappa shape index (κ3) is 3.04. The molecular formula is C14H13Cl2FN2. The lowest BCUT2D eigenvalue weighted by molar-refractivity contribution is 0.584. The van der Waals surface area contributed by atoms with E-state index >= 15 is 0 Å². The molecular weight excluding hydrogens is 286 g/mol. The molecule has 2 aromatic rings. The minimum atomic E-state index is -0.427. The van der Waals surface area contributed by atoms with Gasteiger partial charge >= 0.3 is 0 Å². The molecule has 1 aromatic carbocycles. The molecule has 0 aliphatic heterocycles. The second kappa shape index (κ2) is 5.06. The highest BCUT2D eigenvalue weighted by Gasteiger charge is 2.20. The molecule has 0 radical (unpaired) electrons. The van der Waals surface area contributed by atoms with E-state index in [1.807, 2.05) is 20.8 Å². The Labute approximate surface area is 121 Å². The minimum Gasteiger partial charge on any atom is -0.236 e. The SMILES string of the molecule is CC(C)(C)c1cnc(-c2cc(Cl)ccc2F)nc1Cl. The van der Waals surface area contributed by atoms with Crippen molar-refractivity contribution in [3.05, 3.63) is 46.0 Å². The van der Waals surface area contributed by atoms with E-state index in [0.29, 0.717) is 10.2 Å². The van der Waals surface area contributed by atoms with Crippen LogP contribution in [0.15, 0.2) is 24.4 Å². The van der Waals surface area contributed by atoms with Crippen LogP contribution in [0.5, 0.6) is 0 Å². The van der Waals surface area contributed by atoms with Gasteiger partial charge in [0.2, 0.25) is 0 Å².